The Morgan fingerprint density at radius 3 is 3.11 bits per heavy atom. The highest BCUT2D eigenvalue weighted by Crippen LogP contribution is 2.14. The minimum absolute atomic E-state index is 0.0140. The van der Waals surface area contributed by atoms with Crippen LogP contribution in [0.4, 0.5) is 0 Å². The highest BCUT2D eigenvalue weighted by Gasteiger charge is 2.13. The van der Waals surface area contributed by atoms with Crippen molar-refractivity contribution in [1.82, 2.24) is 10.6 Å². The third kappa shape index (κ3) is 4.10. The van der Waals surface area contributed by atoms with Gasteiger partial charge in [-0.25, -0.2) is 0 Å². The molecule has 1 heterocycles. The number of nitrogens with one attached hydrogen (secondary N) is 2. The summed E-state index contributed by atoms with van der Waals surface area (Å²) in [6.07, 6.45) is 3.59. The summed E-state index contributed by atoms with van der Waals surface area (Å²) in [4.78, 5) is 11.9. The molecule has 2 rings (SSSR count). The van der Waals surface area contributed by atoms with E-state index < -0.39 is 0 Å². The van der Waals surface area contributed by atoms with Gasteiger partial charge in [-0.1, -0.05) is 22.0 Å². The Kier molecular flexibility index (Phi) is 5.20. The normalized spacial score (nSPS) is 19.5. The fourth-order valence-corrected chi connectivity index (χ4v) is 2.69. The van der Waals surface area contributed by atoms with Crippen LogP contribution in [0.15, 0.2) is 28.7 Å². The highest BCUT2D eigenvalue weighted by atomic mass is 79.9. The van der Waals surface area contributed by atoms with E-state index in [1.54, 1.807) is 0 Å². The molecule has 3 nitrogen and oxygen atoms in total. The predicted octanol–water partition coefficient (Wildman–Crippen LogP) is 2.57. The van der Waals surface area contributed by atoms with E-state index in [9.17, 15) is 4.79 Å². The average molecular weight is 311 g/mol. The first-order chi connectivity index (χ1) is 8.75. The zero-order valence-corrected chi connectivity index (χ0v) is 12.0. The third-order valence-electron chi connectivity index (χ3n) is 3.32. The average Bonchev–Trinajstić information content (AvgIpc) is 2.40. The fourth-order valence-electron chi connectivity index (χ4n) is 2.29. The number of carbonyl (C=O) groups is 1. The van der Waals surface area contributed by atoms with Gasteiger partial charge in [-0.15, -0.1) is 0 Å². The number of amides is 1. The number of halogens is 1. The van der Waals surface area contributed by atoms with Crippen molar-refractivity contribution in [2.24, 2.45) is 5.92 Å². The lowest BCUT2D eigenvalue weighted by atomic mass is 9.96. The summed E-state index contributed by atoms with van der Waals surface area (Å²) in [5.74, 6) is 0.724. The number of hydrogen-bond acceptors (Lipinski definition) is 2. The molecule has 1 saturated heterocycles. The van der Waals surface area contributed by atoms with Crippen LogP contribution < -0.4 is 10.6 Å². The van der Waals surface area contributed by atoms with Gasteiger partial charge in [0.2, 0.25) is 0 Å². The van der Waals surface area contributed by atoms with Gasteiger partial charge in [-0.05, 0) is 56.5 Å². The predicted molar refractivity (Wildman–Crippen MR) is 76.7 cm³/mol. The summed E-state index contributed by atoms with van der Waals surface area (Å²) in [6, 6.07) is 7.48. The Labute approximate surface area is 116 Å². The maximum Gasteiger partial charge on any atom is 0.251 e. The van der Waals surface area contributed by atoms with Crippen molar-refractivity contribution >= 4 is 21.8 Å². The quantitative estimate of drug-likeness (QED) is 0.897. The lowest BCUT2D eigenvalue weighted by molar-refractivity contribution is 0.0950. The summed E-state index contributed by atoms with van der Waals surface area (Å²) in [7, 11) is 0. The number of benzene rings is 1. The topological polar surface area (TPSA) is 41.1 Å². The summed E-state index contributed by atoms with van der Waals surface area (Å²) in [5, 5.41) is 6.38. The van der Waals surface area contributed by atoms with Gasteiger partial charge in [0.1, 0.15) is 0 Å². The van der Waals surface area contributed by atoms with Gasteiger partial charge in [-0.2, -0.15) is 0 Å². The van der Waals surface area contributed by atoms with Gasteiger partial charge < -0.3 is 10.6 Å². The third-order valence-corrected chi connectivity index (χ3v) is 3.82. The molecule has 0 radical (unpaired) electrons. The Balaban J connectivity index is 1.74. The molecule has 18 heavy (non-hydrogen) atoms. The monoisotopic (exact) mass is 310 g/mol. The molecule has 0 bridgehead atoms. The molecule has 1 fully saturated rings. The molecule has 4 heteroatoms. The van der Waals surface area contributed by atoms with Crippen molar-refractivity contribution in [2.75, 3.05) is 19.6 Å². The molecule has 1 unspecified atom stereocenters. The summed E-state index contributed by atoms with van der Waals surface area (Å²) in [6.45, 7) is 2.99. The van der Waals surface area contributed by atoms with E-state index in [-0.39, 0.29) is 5.91 Å². The summed E-state index contributed by atoms with van der Waals surface area (Å²) in [5.41, 5.74) is 0.714. The Hall–Kier alpha value is -0.870. The smallest absolute Gasteiger partial charge is 0.251 e. The Morgan fingerprint density at radius 1 is 1.50 bits per heavy atom. The SMILES string of the molecule is O=C(NCCC1CCCNC1)c1cccc(Br)c1. The van der Waals surface area contributed by atoms with Crippen LogP contribution in [-0.4, -0.2) is 25.5 Å². The van der Waals surface area contributed by atoms with Crippen molar-refractivity contribution in [3.63, 3.8) is 0 Å². The van der Waals surface area contributed by atoms with E-state index in [0.29, 0.717) is 11.5 Å². The number of rotatable bonds is 4. The van der Waals surface area contributed by atoms with Crippen molar-refractivity contribution in [1.29, 1.82) is 0 Å². The van der Waals surface area contributed by atoms with Crippen LogP contribution in [0.25, 0.3) is 0 Å². The first kappa shape index (κ1) is 13.6. The van der Waals surface area contributed by atoms with Crippen LogP contribution in [0.2, 0.25) is 0 Å². The molecule has 0 spiro atoms. The molecular formula is C14H19BrN2O. The zero-order valence-electron chi connectivity index (χ0n) is 10.4. The van der Waals surface area contributed by atoms with E-state index in [2.05, 4.69) is 26.6 Å². The number of piperidine rings is 1. The van der Waals surface area contributed by atoms with Crippen LogP contribution >= 0.6 is 15.9 Å². The first-order valence-electron chi connectivity index (χ1n) is 6.50. The van der Waals surface area contributed by atoms with Gasteiger partial charge in [-0.3, -0.25) is 4.79 Å². The molecule has 0 saturated carbocycles. The second kappa shape index (κ2) is 6.90. The molecule has 1 aliphatic heterocycles. The van der Waals surface area contributed by atoms with E-state index in [1.807, 2.05) is 24.3 Å². The minimum Gasteiger partial charge on any atom is -0.352 e. The minimum atomic E-state index is 0.0140. The van der Waals surface area contributed by atoms with Crippen molar-refractivity contribution < 1.29 is 4.79 Å². The molecule has 2 N–H and O–H groups in total. The highest BCUT2D eigenvalue weighted by molar-refractivity contribution is 9.10. The molecule has 0 aromatic heterocycles. The van der Waals surface area contributed by atoms with Crippen LogP contribution in [-0.2, 0) is 0 Å². The van der Waals surface area contributed by atoms with Gasteiger partial charge in [0.05, 0.1) is 0 Å². The summed E-state index contributed by atoms with van der Waals surface area (Å²) < 4.78 is 0.937. The Bertz CT molecular complexity index is 403. The van der Waals surface area contributed by atoms with Crippen LogP contribution in [0.1, 0.15) is 29.6 Å². The van der Waals surface area contributed by atoms with Crippen molar-refractivity contribution in [2.45, 2.75) is 19.3 Å². The van der Waals surface area contributed by atoms with E-state index >= 15 is 0 Å². The molecular weight excluding hydrogens is 292 g/mol. The van der Waals surface area contributed by atoms with E-state index in [1.165, 1.54) is 12.8 Å². The molecule has 1 amide bonds. The first-order valence-corrected chi connectivity index (χ1v) is 7.29. The van der Waals surface area contributed by atoms with E-state index in [4.69, 9.17) is 0 Å². The molecule has 1 aliphatic rings. The second-order valence-electron chi connectivity index (χ2n) is 4.77. The molecule has 98 valence electrons. The van der Waals surface area contributed by atoms with Gasteiger partial charge in [0.25, 0.3) is 5.91 Å². The van der Waals surface area contributed by atoms with Gasteiger partial charge in [0, 0.05) is 16.6 Å². The lowest BCUT2D eigenvalue weighted by Gasteiger charge is -2.22. The maximum absolute atomic E-state index is 11.9. The number of carbonyl (C=O) groups excluding carboxylic acids is 1. The van der Waals surface area contributed by atoms with Gasteiger partial charge >= 0.3 is 0 Å². The molecule has 1 aromatic rings. The second-order valence-corrected chi connectivity index (χ2v) is 5.68. The standard InChI is InChI=1S/C14H19BrN2O/c15-13-5-1-4-12(9-13)14(18)17-8-6-11-3-2-7-16-10-11/h1,4-5,9,11,16H,2-3,6-8,10H2,(H,17,18). The summed E-state index contributed by atoms with van der Waals surface area (Å²) >= 11 is 3.37. The zero-order chi connectivity index (χ0) is 12.8. The van der Waals surface area contributed by atoms with Crippen molar-refractivity contribution in [3.8, 4) is 0 Å². The van der Waals surface area contributed by atoms with Crippen LogP contribution in [0.5, 0.6) is 0 Å². The van der Waals surface area contributed by atoms with Crippen LogP contribution in [0, 0.1) is 5.92 Å². The number of hydrogen-bond donors (Lipinski definition) is 2. The lowest BCUT2D eigenvalue weighted by Crippen LogP contribution is -2.33. The van der Waals surface area contributed by atoms with Crippen molar-refractivity contribution in [3.05, 3.63) is 34.3 Å². The molecule has 1 atom stereocenters. The maximum atomic E-state index is 11.9. The molecule has 0 aliphatic carbocycles. The Morgan fingerprint density at radius 2 is 2.39 bits per heavy atom. The fraction of sp³-hybridized carbons (Fsp3) is 0.500. The van der Waals surface area contributed by atoms with E-state index in [0.717, 1.165) is 30.5 Å². The van der Waals surface area contributed by atoms with Crippen LogP contribution in [0.3, 0.4) is 0 Å². The van der Waals surface area contributed by atoms with Gasteiger partial charge in [0.15, 0.2) is 0 Å². The molecule has 1 aromatic carbocycles. The largest absolute Gasteiger partial charge is 0.352 e.